The Morgan fingerprint density at radius 3 is 3.00 bits per heavy atom. The second kappa shape index (κ2) is 4.09. The molecule has 2 aliphatic rings. The molecule has 1 aromatic rings. The topological polar surface area (TPSA) is 42.7 Å². The monoisotopic (exact) mass is 234 g/mol. The SMILES string of the molecule is CC(C)Cn1cnnc1C1CNCC12CCC2. The van der Waals surface area contributed by atoms with Crippen LogP contribution in [0.1, 0.15) is 44.9 Å². The van der Waals surface area contributed by atoms with E-state index < -0.39 is 0 Å². The first-order valence-electron chi connectivity index (χ1n) is 6.80. The Labute approximate surface area is 103 Å². The van der Waals surface area contributed by atoms with Crippen LogP contribution < -0.4 is 5.32 Å². The van der Waals surface area contributed by atoms with Gasteiger partial charge in [0.15, 0.2) is 0 Å². The molecule has 1 spiro atoms. The van der Waals surface area contributed by atoms with E-state index in [0.717, 1.165) is 13.1 Å². The van der Waals surface area contributed by atoms with Crippen molar-refractivity contribution >= 4 is 0 Å². The van der Waals surface area contributed by atoms with Crippen LogP contribution in [-0.4, -0.2) is 27.9 Å². The van der Waals surface area contributed by atoms with E-state index in [2.05, 4.69) is 33.9 Å². The second-order valence-electron chi connectivity index (χ2n) is 6.13. The Morgan fingerprint density at radius 2 is 2.35 bits per heavy atom. The normalized spacial score (nSPS) is 26.6. The molecule has 2 heterocycles. The van der Waals surface area contributed by atoms with Gasteiger partial charge in [0, 0.05) is 25.6 Å². The zero-order valence-corrected chi connectivity index (χ0v) is 10.8. The molecule has 0 amide bonds. The van der Waals surface area contributed by atoms with Crippen LogP contribution in [0.3, 0.4) is 0 Å². The van der Waals surface area contributed by atoms with Gasteiger partial charge in [0.05, 0.1) is 0 Å². The molecule has 4 nitrogen and oxygen atoms in total. The molecule has 17 heavy (non-hydrogen) atoms. The van der Waals surface area contributed by atoms with Crippen molar-refractivity contribution in [2.24, 2.45) is 11.3 Å². The van der Waals surface area contributed by atoms with Gasteiger partial charge in [-0.25, -0.2) is 0 Å². The summed E-state index contributed by atoms with van der Waals surface area (Å²) in [5, 5.41) is 12.1. The van der Waals surface area contributed by atoms with Crippen molar-refractivity contribution < 1.29 is 0 Å². The molecule has 4 heteroatoms. The average molecular weight is 234 g/mol. The molecule has 0 radical (unpaired) electrons. The third kappa shape index (κ3) is 1.79. The number of hydrogen-bond acceptors (Lipinski definition) is 3. The summed E-state index contributed by atoms with van der Waals surface area (Å²) >= 11 is 0. The summed E-state index contributed by atoms with van der Waals surface area (Å²) in [6, 6.07) is 0. The Balaban J connectivity index is 1.86. The van der Waals surface area contributed by atoms with Crippen molar-refractivity contribution in [1.82, 2.24) is 20.1 Å². The summed E-state index contributed by atoms with van der Waals surface area (Å²) in [6.07, 6.45) is 6.01. The molecular formula is C13H22N4. The zero-order valence-electron chi connectivity index (χ0n) is 10.8. The minimum Gasteiger partial charge on any atom is -0.317 e. The highest BCUT2D eigenvalue weighted by Crippen LogP contribution is 2.52. The van der Waals surface area contributed by atoms with Gasteiger partial charge in [-0.05, 0) is 24.2 Å². The highest BCUT2D eigenvalue weighted by Gasteiger charge is 2.49. The minimum atomic E-state index is 0.502. The lowest BCUT2D eigenvalue weighted by molar-refractivity contribution is 0.130. The summed E-state index contributed by atoms with van der Waals surface area (Å²) < 4.78 is 2.27. The maximum Gasteiger partial charge on any atom is 0.137 e. The van der Waals surface area contributed by atoms with E-state index in [1.807, 2.05) is 6.33 Å². The van der Waals surface area contributed by atoms with E-state index in [-0.39, 0.29) is 0 Å². The molecule has 3 rings (SSSR count). The Bertz CT molecular complexity index is 392. The highest BCUT2D eigenvalue weighted by molar-refractivity contribution is 5.14. The van der Waals surface area contributed by atoms with Gasteiger partial charge in [-0.3, -0.25) is 0 Å². The highest BCUT2D eigenvalue weighted by atomic mass is 15.3. The van der Waals surface area contributed by atoms with Crippen LogP contribution in [0.25, 0.3) is 0 Å². The fourth-order valence-corrected chi connectivity index (χ4v) is 3.39. The summed E-state index contributed by atoms with van der Waals surface area (Å²) in [6.45, 7) is 7.78. The number of rotatable bonds is 3. The zero-order chi connectivity index (χ0) is 11.9. The number of nitrogens with one attached hydrogen (secondary N) is 1. The van der Waals surface area contributed by atoms with Gasteiger partial charge in [0.25, 0.3) is 0 Å². The number of hydrogen-bond donors (Lipinski definition) is 1. The van der Waals surface area contributed by atoms with Gasteiger partial charge in [0.2, 0.25) is 0 Å². The first kappa shape index (κ1) is 11.2. The van der Waals surface area contributed by atoms with Gasteiger partial charge in [0.1, 0.15) is 12.2 Å². The number of nitrogens with zero attached hydrogens (tertiary/aromatic N) is 3. The van der Waals surface area contributed by atoms with E-state index in [1.54, 1.807) is 0 Å². The molecule has 94 valence electrons. The van der Waals surface area contributed by atoms with E-state index in [1.165, 1.54) is 31.6 Å². The van der Waals surface area contributed by atoms with Crippen molar-refractivity contribution in [1.29, 1.82) is 0 Å². The van der Waals surface area contributed by atoms with Crippen LogP contribution in [0.5, 0.6) is 0 Å². The fraction of sp³-hybridized carbons (Fsp3) is 0.846. The first-order valence-corrected chi connectivity index (χ1v) is 6.80. The van der Waals surface area contributed by atoms with Crippen LogP contribution in [0, 0.1) is 11.3 Å². The van der Waals surface area contributed by atoms with Crippen molar-refractivity contribution in [3.8, 4) is 0 Å². The molecule has 1 saturated heterocycles. The Kier molecular flexibility index (Phi) is 2.69. The van der Waals surface area contributed by atoms with Gasteiger partial charge < -0.3 is 9.88 Å². The molecule has 1 aliphatic carbocycles. The number of aromatic nitrogens is 3. The Morgan fingerprint density at radius 1 is 1.53 bits per heavy atom. The second-order valence-corrected chi connectivity index (χ2v) is 6.13. The van der Waals surface area contributed by atoms with E-state index in [9.17, 15) is 0 Å². The lowest BCUT2D eigenvalue weighted by Gasteiger charge is -2.42. The third-order valence-corrected chi connectivity index (χ3v) is 4.43. The molecule has 1 aliphatic heterocycles. The maximum atomic E-state index is 4.40. The molecule has 0 aromatic carbocycles. The van der Waals surface area contributed by atoms with Crippen molar-refractivity contribution in [3.05, 3.63) is 12.2 Å². The summed E-state index contributed by atoms with van der Waals surface area (Å²) in [7, 11) is 0. The summed E-state index contributed by atoms with van der Waals surface area (Å²) in [4.78, 5) is 0. The van der Waals surface area contributed by atoms with Gasteiger partial charge in [-0.15, -0.1) is 10.2 Å². The van der Waals surface area contributed by atoms with Crippen LogP contribution in [-0.2, 0) is 6.54 Å². The van der Waals surface area contributed by atoms with Gasteiger partial charge in [-0.2, -0.15) is 0 Å². The summed E-state index contributed by atoms with van der Waals surface area (Å²) in [5.74, 6) is 2.44. The largest absolute Gasteiger partial charge is 0.317 e. The minimum absolute atomic E-state index is 0.502. The maximum absolute atomic E-state index is 4.40. The van der Waals surface area contributed by atoms with Crippen LogP contribution >= 0.6 is 0 Å². The fourth-order valence-electron chi connectivity index (χ4n) is 3.39. The third-order valence-electron chi connectivity index (χ3n) is 4.43. The molecule has 1 aromatic heterocycles. The van der Waals surface area contributed by atoms with E-state index >= 15 is 0 Å². The van der Waals surface area contributed by atoms with Crippen LogP contribution in [0.4, 0.5) is 0 Å². The quantitative estimate of drug-likeness (QED) is 0.867. The van der Waals surface area contributed by atoms with Gasteiger partial charge in [-0.1, -0.05) is 20.3 Å². The molecule has 1 N–H and O–H groups in total. The van der Waals surface area contributed by atoms with E-state index in [4.69, 9.17) is 0 Å². The van der Waals surface area contributed by atoms with Crippen molar-refractivity contribution in [2.45, 2.75) is 45.6 Å². The molecule has 0 bridgehead atoms. The first-order chi connectivity index (χ1) is 8.21. The smallest absolute Gasteiger partial charge is 0.137 e. The molecular weight excluding hydrogens is 212 g/mol. The van der Waals surface area contributed by atoms with Gasteiger partial charge >= 0.3 is 0 Å². The lowest BCUT2D eigenvalue weighted by Crippen LogP contribution is -2.37. The van der Waals surface area contributed by atoms with Crippen molar-refractivity contribution in [3.63, 3.8) is 0 Å². The Hall–Kier alpha value is -0.900. The van der Waals surface area contributed by atoms with Crippen LogP contribution in [0.2, 0.25) is 0 Å². The average Bonchev–Trinajstić information content (AvgIpc) is 2.79. The predicted octanol–water partition coefficient (Wildman–Crippen LogP) is 1.79. The van der Waals surface area contributed by atoms with Crippen LogP contribution in [0.15, 0.2) is 6.33 Å². The van der Waals surface area contributed by atoms with E-state index in [0.29, 0.717) is 17.3 Å². The molecule has 1 saturated carbocycles. The summed E-state index contributed by atoms with van der Waals surface area (Å²) in [5.41, 5.74) is 0.502. The van der Waals surface area contributed by atoms with Crippen molar-refractivity contribution in [2.75, 3.05) is 13.1 Å². The predicted molar refractivity (Wildman–Crippen MR) is 66.8 cm³/mol. The standard InChI is InChI=1S/C13H22N4/c1-10(2)7-17-9-15-16-12(17)11-6-14-8-13(11)4-3-5-13/h9-11,14H,3-8H2,1-2H3. The molecule has 1 unspecified atom stereocenters. The molecule has 1 atom stereocenters. The molecule has 2 fully saturated rings. The lowest BCUT2D eigenvalue weighted by atomic mass is 9.62.